The second kappa shape index (κ2) is 14.5. The third-order valence-electron chi connectivity index (χ3n) is 9.71. The molecular formula is C48H36O2P2. The molecule has 0 aliphatic carbocycles. The van der Waals surface area contributed by atoms with Crippen LogP contribution in [0.4, 0.5) is 0 Å². The van der Waals surface area contributed by atoms with Gasteiger partial charge in [0.25, 0.3) is 0 Å². The van der Waals surface area contributed by atoms with Crippen molar-refractivity contribution in [2.24, 2.45) is 0 Å². The molecule has 0 aliphatic rings. The average Bonchev–Trinajstić information content (AvgIpc) is 3.24. The van der Waals surface area contributed by atoms with Crippen LogP contribution in [0.3, 0.4) is 0 Å². The quantitative estimate of drug-likeness (QED) is 0.140. The zero-order valence-electron chi connectivity index (χ0n) is 28.5. The Hall–Kier alpha value is -5.78. The molecule has 250 valence electrons. The number of benzene rings is 8. The van der Waals surface area contributed by atoms with Gasteiger partial charge in [0.05, 0.1) is 0 Å². The van der Waals surface area contributed by atoms with E-state index in [1.807, 2.05) is 146 Å². The summed E-state index contributed by atoms with van der Waals surface area (Å²) in [5, 5.41) is 4.87. The van der Waals surface area contributed by atoms with E-state index in [0.29, 0.717) is 0 Å². The minimum Gasteiger partial charge on any atom is -0.309 e. The van der Waals surface area contributed by atoms with E-state index in [2.05, 4.69) is 72.8 Å². The fraction of sp³-hybridized carbons (Fsp3) is 0. The molecule has 0 aromatic heterocycles. The van der Waals surface area contributed by atoms with Crippen LogP contribution in [0.15, 0.2) is 218 Å². The summed E-state index contributed by atoms with van der Waals surface area (Å²) in [5.74, 6) is 0. The van der Waals surface area contributed by atoms with Crippen LogP contribution in [0.1, 0.15) is 0 Å². The first kappa shape index (κ1) is 33.4. The van der Waals surface area contributed by atoms with E-state index in [1.54, 1.807) is 0 Å². The summed E-state index contributed by atoms with van der Waals surface area (Å²) in [6.07, 6.45) is 0. The normalized spacial score (nSPS) is 11.6. The van der Waals surface area contributed by atoms with Crippen molar-refractivity contribution in [3.63, 3.8) is 0 Å². The van der Waals surface area contributed by atoms with Gasteiger partial charge in [-0.15, -0.1) is 0 Å². The lowest BCUT2D eigenvalue weighted by atomic mass is 9.89. The van der Waals surface area contributed by atoms with Gasteiger partial charge in [0.1, 0.15) is 0 Å². The fourth-order valence-electron chi connectivity index (χ4n) is 7.09. The zero-order chi connectivity index (χ0) is 35.4. The van der Waals surface area contributed by atoms with Gasteiger partial charge in [0.2, 0.25) is 0 Å². The van der Waals surface area contributed by atoms with Gasteiger partial charge in [-0.05, 0) is 33.4 Å². The Labute approximate surface area is 305 Å². The van der Waals surface area contributed by atoms with E-state index in [9.17, 15) is 9.13 Å². The van der Waals surface area contributed by atoms with E-state index in [0.717, 1.165) is 65.2 Å². The van der Waals surface area contributed by atoms with Gasteiger partial charge in [-0.3, -0.25) is 0 Å². The minimum atomic E-state index is -3.08. The molecule has 0 saturated heterocycles. The van der Waals surface area contributed by atoms with Crippen molar-refractivity contribution in [1.82, 2.24) is 0 Å². The highest BCUT2D eigenvalue weighted by molar-refractivity contribution is 7.85. The Bertz CT molecular complexity index is 2260. The van der Waals surface area contributed by atoms with Gasteiger partial charge in [0, 0.05) is 31.8 Å². The molecule has 2 nitrogen and oxygen atoms in total. The topological polar surface area (TPSA) is 34.1 Å². The minimum absolute atomic E-state index is 0.801. The van der Waals surface area contributed by atoms with Crippen molar-refractivity contribution < 1.29 is 9.13 Å². The molecule has 0 atom stereocenters. The third-order valence-corrected chi connectivity index (χ3v) is 15.9. The largest absolute Gasteiger partial charge is 0.309 e. The van der Waals surface area contributed by atoms with Crippen molar-refractivity contribution in [3.05, 3.63) is 218 Å². The Kier molecular flexibility index (Phi) is 9.27. The number of hydrogen-bond donors (Lipinski definition) is 0. The lowest BCUT2D eigenvalue weighted by molar-refractivity contribution is 0.591. The van der Waals surface area contributed by atoms with Gasteiger partial charge < -0.3 is 9.13 Å². The molecule has 8 rings (SSSR count). The van der Waals surface area contributed by atoms with Crippen LogP contribution in [-0.2, 0) is 9.13 Å². The molecule has 0 spiro atoms. The fourth-order valence-corrected chi connectivity index (χ4v) is 12.4. The third kappa shape index (κ3) is 6.12. The second-order valence-electron chi connectivity index (χ2n) is 12.7. The first-order chi connectivity index (χ1) is 25.6. The van der Waals surface area contributed by atoms with Crippen molar-refractivity contribution in [2.75, 3.05) is 0 Å². The summed E-state index contributed by atoms with van der Waals surface area (Å²) in [7, 11) is -6.16. The van der Waals surface area contributed by atoms with E-state index >= 15 is 0 Å². The van der Waals surface area contributed by atoms with Crippen molar-refractivity contribution in [2.45, 2.75) is 0 Å². The smallest absolute Gasteiger partial charge is 0.171 e. The highest BCUT2D eigenvalue weighted by Crippen LogP contribution is 2.45. The summed E-state index contributed by atoms with van der Waals surface area (Å²) in [5.41, 5.74) is 6.47. The van der Waals surface area contributed by atoms with Crippen molar-refractivity contribution in [1.29, 1.82) is 0 Å². The van der Waals surface area contributed by atoms with Gasteiger partial charge in [0.15, 0.2) is 14.3 Å². The molecule has 0 bridgehead atoms. The lowest BCUT2D eigenvalue weighted by Crippen LogP contribution is -2.24. The van der Waals surface area contributed by atoms with E-state index in [4.69, 9.17) is 0 Å². The molecule has 8 aromatic carbocycles. The predicted molar refractivity (Wildman–Crippen MR) is 222 cm³/mol. The summed E-state index contributed by atoms with van der Waals surface area (Å²) >= 11 is 0. The maximum atomic E-state index is 15.0. The van der Waals surface area contributed by atoms with E-state index in [1.165, 1.54) is 0 Å². The lowest BCUT2D eigenvalue weighted by Gasteiger charge is -2.21. The van der Waals surface area contributed by atoms with Crippen molar-refractivity contribution in [3.8, 4) is 33.4 Å². The molecular weight excluding hydrogens is 670 g/mol. The van der Waals surface area contributed by atoms with E-state index < -0.39 is 14.3 Å². The van der Waals surface area contributed by atoms with E-state index in [-0.39, 0.29) is 0 Å². The summed E-state index contributed by atoms with van der Waals surface area (Å²) in [4.78, 5) is 0. The van der Waals surface area contributed by atoms with Gasteiger partial charge >= 0.3 is 0 Å². The monoisotopic (exact) mass is 706 g/mol. The average molecular weight is 707 g/mol. The maximum absolute atomic E-state index is 15.0. The Morgan fingerprint density at radius 3 is 0.692 bits per heavy atom. The Balaban J connectivity index is 1.18. The SMILES string of the molecule is O=P(c1ccccc1)(c1ccccc1)c1ccc(-c2ccccc2-c2ccccc2-c2ccc(P(=O)(c3ccccc3)c3ccccc3)cc2)cc1. The number of rotatable bonds is 9. The Morgan fingerprint density at radius 2 is 0.423 bits per heavy atom. The molecule has 0 fully saturated rings. The second-order valence-corrected chi connectivity index (χ2v) is 18.3. The van der Waals surface area contributed by atoms with Crippen LogP contribution in [0.5, 0.6) is 0 Å². The van der Waals surface area contributed by atoms with Crippen LogP contribution < -0.4 is 31.8 Å². The van der Waals surface area contributed by atoms with Crippen LogP contribution in [-0.4, -0.2) is 0 Å². The maximum Gasteiger partial charge on any atom is 0.171 e. The summed E-state index contributed by atoms with van der Waals surface area (Å²) < 4.78 is 30.0. The molecule has 8 aromatic rings. The highest BCUT2D eigenvalue weighted by atomic mass is 31.2. The highest BCUT2D eigenvalue weighted by Gasteiger charge is 2.31. The van der Waals surface area contributed by atoms with Crippen LogP contribution in [0, 0.1) is 0 Å². The van der Waals surface area contributed by atoms with Crippen LogP contribution in [0.2, 0.25) is 0 Å². The van der Waals surface area contributed by atoms with Crippen molar-refractivity contribution >= 4 is 46.1 Å². The molecule has 0 radical (unpaired) electrons. The van der Waals surface area contributed by atoms with Crippen LogP contribution >= 0.6 is 14.3 Å². The van der Waals surface area contributed by atoms with Gasteiger partial charge in [-0.1, -0.05) is 218 Å². The zero-order valence-corrected chi connectivity index (χ0v) is 30.3. The Morgan fingerprint density at radius 1 is 0.212 bits per heavy atom. The number of hydrogen-bond acceptors (Lipinski definition) is 2. The standard InChI is InChI=1S/C48H36O2P2/c49-51(39-17-5-1-6-18-39,40-19-7-2-8-20-40)43-33-29-37(30-34-43)45-25-13-15-27-47(45)48-28-16-14-26-46(48)38-31-35-44(36-32-38)52(50,41-21-9-3-10-22-41)42-23-11-4-12-24-42/h1-36H. The molecule has 0 unspecified atom stereocenters. The molecule has 0 saturated carbocycles. The predicted octanol–water partition coefficient (Wildman–Crippen LogP) is 9.97. The molecule has 4 heteroatoms. The summed E-state index contributed by atoms with van der Waals surface area (Å²) in [6.45, 7) is 0. The first-order valence-electron chi connectivity index (χ1n) is 17.4. The summed E-state index contributed by atoms with van der Waals surface area (Å²) in [6, 6.07) is 72.5. The molecule has 0 amide bonds. The van der Waals surface area contributed by atoms with Gasteiger partial charge in [-0.25, -0.2) is 0 Å². The van der Waals surface area contributed by atoms with Gasteiger partial charge in [-0.2, -0.15) is 0 Å². The van der Waals surface area contributed by atoms with Crippen LogP contribution in [0.25, 0.3) is 33.4 Å². The molecule has 52 heavy (non-hydrogen) atoms. The first-order valence-corrected chi connectivity index (χ1v) is 20.8. The molecule has 0 N–H and O–H groups in total. The molecule has 0 aliphatic heterocycles. The molecule has 0 heterocycles.